The van der Waals surface area contributed by atoms with E-state index < -0.39 is 62.0 Å². The van der Waals surface area contributed by atoms with Gasteiger partial charge in [0, 0.05) is 61.8 Å². The Labute approximate surface area is 320 Å². The van der Waals surface area contributed by atoms with Crippen molar-refractivity contribution in [3.8, 4) is 0 Å². The minimum Gasteiger partial charge on any atom is -0.466 e. The number of nitrogens with one attached hydrogen (secondary N) is 1. The van der Waals surface area contributed by atoms with Gasteiger partial charge < -0.3 is 18.6 Å². The van der Waals surface area contributed by atoms with Crippen LogP contribution in [0.5, 0.6) is 0 Å². The summed E-state index contributed by atoms with van der Waals surface area (Å²) in [4.78, 5) is 34.2. The van der Waals surface area contributed by atoms with Gasteiger partial charge in [-0.3, -0.25) is 19.8 Å². The van der Waals surface area contributed by atoms with E-state index >= 15 is 8.78 Å². The molecule has 0 spiro atoms. The molecule has 2 saturated heterocycles. The number of nitrogens with zero attached hydrogens (tertiary/aromatic N) is 4. The van der Waals surface area contributed by atoms with Crippen molar-refractivity contribution in [2.45, 2.75) is 95.8 Å². The van der Waals surface area contributed by atoms with Gasteiger partial charge in [0.2, 0.25) is 11.6 Å². The van der Waals surface area contributed by atoms with Crippen LogP contribution in [0, 0.1) is 17.6 Å². The molecule has 3 atom stereocenters. The molecular weight excluding hydrogens is 745 g/mol. The number of hydrogen-bond donors (Lipinski definition) is 1. The lowest BCUT2D eigenvalue weighted by molar-refractivity contribution is -0.148. The highest BCUT2D eigenvalue weighted by Crippen LogP contribution is 2.44. The first-order valence-corrected chi connectivity index (χ1v) is 20.8. The van der Waals surface area contributed by atoms with Crippen molar-refractivity contribution in [3.63, 3.8) is 0 Å². The van der Waals surface area contributed by atoms with Crippen LogP contribution in [0.15, 0.2) is 48.8 Å². The second-order valence-corrected chi connectivity index (χ2v) is 19.6. The lowest BCUT2D eigenvalue weighted by atomic mass is 9.85. The summed E-state index contributed by atoms with van der Waals surface area (Å²) in [5.41, 5.74) is -3.69. The van der Waals surface area contributed by atoms with Crippen molar-refractivity contribution in [2.24, 2.45) is 5.92 Å². The predicted molar refractivity (Wildman–Crippen MR) is 200 cm³/mol. The monoisotopic (exact) mass is 795 g/mol. The Morgan fingerprint density at radius 2 is 1.73 bits per heavy atom. The molecular formula is C39H51F6N5O4Si. The molecule has 9 nitrogen and oxygen atoms in total. The zero-order chi connectivity index (χ0) is 40.5. The number of imidazole rings is 1. The smallest absolute Gasteiger partial charge is 0.416 e. The molecule has 3 aromatic rings. The molecule has 3 heterocycles. The Morgan fingerprint density at radius 1 is 1.04 bits per heavy atom. The normalized spacial score (nSPS) is 20.8. The summed E-state index contributed by atoms with van der Waals surface area (Å²) < 4.78 is 101. The number of amides is 1. The van der Waals surface area contributed by atoms with Gasteiger partial charge in [0.15, 0.2) is 9.04 Å². The predicted octanol–water partition coefficient (Wildman–Crippen LogP) is 7.70. The third kappa shape index (κ3) is 9.56. The van der Waals surface area contributed by atoms with Crippen LogP contribution in [-0.2, 0) is 31.5 Å². The summed E-state index contributed by atoms with van der Waals surface area (Å²) in [5.74, 6) is -5.01. The van der Waals surface area contributed by atoms with Crippen LogP contribution in [0.1, 0.15) is 77.0 Å². The lowest BCUT2D eigenvalue weighted by Gasteiger charge is -2.38. The van der Waals surface area contributed by atoms with Gasteiger partial charge in [-0.25, -0.2) is 18.2 Å². The van der Waals surface area contributed by atoms with Crippen LogP contribution in [-0.4, -0.2) is 86.0 Å². The van der Waals surface area contributed by atoms with Gasteiger partial charge in [0.25, 0.3) is 5.91 Å². The summed E-state index contributed by atoms with van der Waals surface area (Å²) >= 11 is 0. The van der Waals surface area contributed by atoms with Crippen molar-refractivity contribution < 1.29 is 45.1 Å². The van der Waals surface area contributed by atoms with Crippen LogP contribution in [0.2, 0.25) is 11.6 Å². The number of carbonyl (C=O) groups excluding carboxylic acids is 2. The standard InChI is InChI=1S/C39H51F6N5O4Si/c1-8-53-33(51)25-13-16-48(17-14-25)32-19-27(39(43,44)45)10-9-26(32)21-49-18-15-46-35(49)47-34(52)38(42)23-50(37(5,6)24-54-55(7)36(2,3)4)22-30(38)29-12-11-28(40)20-31(29)41/h9-12,15,18-20,25,30,55H,8,13-14,16-17,21-24H2,1-7H3,(H,46,47,52)/t30-,38-,55?/m0/s1. The molecule has 0 bridgehead atoms. The van der Waals surface area contributed by atoms with Gasteiger partial charge in [-0.05, 0) is 74.5 Å². The third-order valence-electron chi connectivity index (χ3n) is 11.0. The fraction of sp³-hybridized carbons (Fsp3) is 0.564. The number of halogens is 6. The Hall–Kier alpha value is -3.89. The first-order chi connectivity index (χ1) is 25.6. The van der Waals surface area contributed by atoms with Gasteiger partial charge in [0.05, 0.1) is 31.2 Å². The number of ether oxygens (including phenoxy) is 1. The molecule has 302 valence electrons. The maximum atomic E-state index is 17.5. The van der Waals surface area contributed by atoms with Crippen LogP contribution in [0.25, 0.3) is 0 Å². The van der Waals surface area contributed by atoms with Crippen LogP contribution >= 0.6 is 0 Å². The second-order valence-electron chi connectivity index (χ2n) is 16.3. The molecule has 1 aromatic heterocycles. The van der Waals surface area contributed by atoms with Crippen molar-refractivity contribution in [1.29, 1.82) is 0 Å². The summed E-state index contributed by atoms with van der Waals surface area (Å²) in [6.45, 7) is 14.4. The molecule has 2 fully saturated rings. The van der Waals surface area contributed by atoms with E-state index in [9.17, 15) is 27.2 Å². The Balaban J connectivity index is 1.41. The van der Waals surface area contributed by atoms with Gasteiger partial charge >= 0.3 is 12.1 Å². The highest BCUT2D eigenvalue weighted by molar-refractivity contribution is 6.53. The molecule has 2 aliphatic heterocycles. The largest absolute Gasteiger partial charge is 0.466 e. The summed E-state index contributed by atoms with van der Waals surface area (Å²) in [6, 6.07) is 6.24. The molecule has 0 aliphatic carbocycles. The molecule has 5 rings (SSSR count). The molecule has 2 aromatic carbocycles. The van der Waals surface area contributed by atoms with Crippen LogP contribution in [0.3, 0.4) is 0 Å². The molecule has 1 amide bonds. The number of likely N-dealkylation sites (tertiary alicyclic amines) is 1. The van der Waals surface area contributed by atoms with Crippen LogP contribution < -0.4 is 10.2 Å². The average molecular weight is 796 g/mol. The molecule has 55 heavy (non-hydrogen) atoms. The van der Waals surface area contributed by atoms with Gasteiger partial charge in [0.1, 0.15) is 11.6 Å². The average Bonchev–Trinajstić information content (AvgIpc) is 3.71. The quantitative estimate of drug-likeness (QED) is 0.114. The zero-order valence-corrected chi connectivity index (χ0v) is 33.6. The zero-order valence-electron chi connectivity index (χ0n) is 32.4. The number of alkyl halides is 4. The number of esters is 1. The third-order valence-corrected chi connectivity index (χ3v) is 14.1. The van der Waals surface area contributed by atoms with Crippen molar-refractivity contribution >= 4 is 32.6 Å². The SMILES string of the molecule is CCOC(=O)C1CCN(c2cc(C(F)(F)F)ccc2Cn2ccnc2NC(=O)[C@]2(F)CN(C(C)(C)CO[SiH](C)C(C)(C)C)C[C@H]2c2ccc(F)cc2F)CC1. The van der Waals surface area contributed by atoms with Crippen LogP contribution in [0.4, 0.5) is 38.0 Å². The van der Waals surface area contributed by atoms with E-state index in [0.29, 0.717) is 43.2 Å². The fourth-order valence-corrected chi connectivity index (χ4v) is 8.20. The molecule has 0 radical (unpaired) electrons. The highest BCUT2D eigenvalue weighted by Gasteiger charge is 2.57. The summed E-state index contributed by atoms with van der Waals surface area (Å²) in [7, 11) is -1.68. The molecule has 1 N–H and O–H groups in total. The van der Waals surface area contributed by atoms with Gasteiger partial charge in [-0.1, -0.05) is 32.9 Å². The second kappa shape index (κ2) is 16.3. The van der Waals surface area contributed by atoms with Crippen molar-refractivity contribution in [3.05, 3.63) is 77.1 Å². The first-order valence-electron chi connectivity index (χ1n) is 18.6. The van der Waals surface area contributed by atoms with E-state index in [1.165, 1.54) is 23.0 Å². The Morgan fingerprint density at radius 3 is 2.35 bits per heavy atom. The highest BCUT2D eigenvalue weighted by atomic mass is 28.3. The van der Waals surface area contributed by atoms with Gasteiger partial charge in [-0.2, -0.15) is 13.2 Å². The van der Waals surface area contributed by atoms with E-state index in [0.717, 1.165) is 24.3 Å². The number of anilines is 2. The molecule has 0 saturated carbocycles. The molecule has 16 heteroatoms. The first kappa shape index (κ1) is 42.3. The summed E-state index contributed by atoms with van der Waals surface area (Å²) in [6.07, 6.45) is -0.940. The van der Waals surface area contributed by atoms with E-state index in [4.69, 9.17) is 9.16 Å². The van der Waals surface area contributed by atoms with E-state index in [1.807, 2.05) is 13.8 Å². The number of carbonyl (C=O) groups is 2. The maximum absolute atomic E-state index is 17.5. The minimum atomic E-state index is -4.61. The number of aromatic nitrogens is 2. The van der Waals surface area contributed by atoms with Gasteiger partial charge in [-0.15, -0.1) is 0 Å². The van der Waals surface area contributed by atoms with E-state index in [-0.39, 0.29) is 54.7 Å². The topological polar surface area (TPSA) is 88.9 Å². The number of piperidine rings is 1. The fourth-order valence-electron chi connectivity index (χ4n) is 7.04. The maximum Gasteiger partial charge on any atom is 0.416 e. The number of benzene rings is 2. The Bertz CT molecular complexity index is 1840. The molecule has 1 unspecified atom stereocenters. The lowest BCUT2D eigenvalue weighted by Crippen LogP contribution is -2.51. The van der Waals surface area contributed by atoms with E-state index in [2.05, 4.69) is 37.6 Å². The van der Waals surface area contributed by atoms with E-state index in [1.54, 1.807) is 16.7 Å². The van der Waals surface area contributed by atoms with Crippen molar-refractivity contribution in [2.75, 3.05) is 49.6 Å². The van der Waals surface area contributed by atoms with Crippen molar-refractivity contribution in [1.82, 2.24) is 14.5 Å². The number of rotatable bonds is 12. The summed E-state index contributed by atoms with van der Waals surface area (Å²) in [5, 5.41) is 2.54. The minimum absolute atomic E-state index is 0.0331. The Kier molecular flexibility index (Phi) is 12.5. The number of hydrogen-bond acceptors (Lipinski definition) is 7. The molecule has 2 aliphatic rings.